The van der Waals surface area contributed by atoms with Crippen LogP contribution in [0.3, 0.4) is 0 Å². The summed E-state index contributed by atoms with van der Waals surface area (Å²) in [6.45, 7) is 2.05. The van der Waals surface area contributed by atoms with Crippen molar-refractivity contribution < 1.29 is 13.6 Å². The minimum absolute atomic E-state index is 0.140. The summed E-state index contributed by atoms with van der Waals surface area (Å²) in [6, 6.07) is 12.2. The van der Waals surface area contributed by atoms with Crippen molar-refractivity contribution in [1.29, 1.82) is 0 Å². The fourth-order valence-corrected chi connectivity index (χ4v) is 3.58. The molecule has 0 radical (unpaired) electrons. The standard InChI is InChI=1S/C21H18BrF2N5O/c22-15-4-5-18(17(24)11-15)27-21(30)29-8-6-28(7-9-29)20-12-19(25-13-26-20)14-2-1-3-16(23)10-14/h1-5,10-13H,6-9H2,(H,27,30). The Morgan fingerprint density at radius 2 is 1.80 bits per heavy atom. The quantitative estimate of drug-likeness (QED) is 0.606. The van der Waals surface area contributed by atoms with Gasteiger partial charge in [-0.3, -0.25) is 0 Å². The molecule has 4 rings (SSSR count). The van der Waals surface area contributed by atoms with Gasteiger partial charge in [0.1, 0.15) is 23.8 Å². The van der Waals surface area contributed by atoms with E-state index in [1.807, 2.05) is 11.0 Å². The Bertz CT molecular complexity index is 1070. The molecule has 6 nitrogen and oxygen atoms in total. The second-order valence-corrected chi connectivity index (χ2v) is 7.72. The molecule has 1 N–H and O–H groups in total. The highest BCUT2D eigenvalue weighted by atomic mass is 79.9. The molecule has 0 unspecified atom stereocenters. The fraction of sp³-hybridized carbons (Fsp3) is 0.190. The van der Waals surface area contributed by atoms with Crippen molar-refractivity contribution in [1.82, 2.24) is 14.9 Å². The average molecular weight is 474 g/mol. The summed E-state index contributed by atoms with van der Waals surface area (Å²) < 4.78 is 28.1. The van der Waals surface area contributed by atoms with Crippen molar-refractivity contribution in [2.45, 2.75) is 0 Å². The number of amides is 2. The van der Waals surface area contributed by atoms with E-state index in [-0.39, 0.29) is 17.5 Å². The van der Waals surface area contributed by atoms with Crippen LogP contribution in [0.5, 0.6) is 0 Å². The molecule has 0 aliphatic carbocycles. The van der Waals surface area contributed by atoms with Gasteiger partial charge in [0.25, 0.3) is 0 Å². The lowest BCUT2D eigenvalue weighted by atomic mass is 10.1. The molecular formula is C21H18BrF2N5O. The van der Waals surface area contributed by atoms with Gasteiger partial charge in [0.15, 0.2) is 0 Å². The Morgan fingerprint density at radius 3 is 2.53 bits per heavy atom. The molecule has 3 aromatic rings. The third-order valence-corrected chi connectivity index (χ3v) is 5.33. The van der Waals surface area contributed by atoms with Gasteiger partial charge in [-0.15, -0.1) is 0 Å². The highest BCUT2D eigenvalue weighted by Crippen LogP contribution is 2.23. The van der Waals surface area contributed by atoms with E-state index in [1.54, 1.807) is 23.1 Å². The van der Waals surface area contributed by atoms with Crippen molar-refractivity contribution in [2.24, 2.45) is 0 Å². The first-order chi connectivity index (χ1) is 14.5. The van der Waals surface area contributed by atoms with Crippen LogP contribution in [0.25, 0.3) is 11.3 Å². The number of benzene rings is 2. The van der Waals surface area contributed by atoms with E-state index in [2.05, 4.69) is 31.2 Å². The van der Waals surface area contributed by atoms with Crippen molar-refractivity contribution in [3.8, 4) is 11.3 Å². The third kappa shape index (κ3) is 4.56. The lowest BCUT2D eigenvalue weighted by molar-refractivity contribution is 0.208. The molecule has 0 spiro atoms. The van der Waals surface area contributed by atoms with Crippen LogP contribution in [0.4, 0.5) is 25.1 Å². The number of carbonyl (C=O) groups is 1. The minimum Gasteiger partial charge on any atom is -0.353 e. The van der Waals surface area contributed by atoms with Crippen LogP contribution in [0.1, 0.15) is 0 Å². The highest BCUT2D eigenvalue weighted by Gasteiger charge is 2.23. The Kier molecular flexibility index (Phi) is 5.89. The van der Waals surface area contributed by atoms with Crippen LogP contribution in [-0.2, 0) is 0 Å². The van der Waals surface area contributed by atoms with Crippen LogP contribution in [0.2, 0.25) is 0 Å². The van der Waals surface area contributed by atoms with E-state index >= 15 is 0 Å². The van der Waals surface area contributed by atoms with Crippen LogP contribution in [0.15, 0.2) is 59.3 Å². The lowest BCUT2D eigenvalue weighted by Crippen LogP contribution is -2.50. The molecule has 1 saturated heterocycles. The highest BCUT2D eigenvalue weighted by molar-refractivity contribution is 9.10. The van der Waals surface area contributed by atoms with E-state index in [4.69, 9.17) is 0 Å². The van der Waals surface area contributed by atoms with Gasteiger partial charge in [0, 0.05) is 42.3 Å². The van der Waals surface area contributed by atoms with Gasteiger partial charge >= 0.3 is 6.03 Å². The number of halogens is 3. The lowest BCUT2D eigenvalue weighted by Gasteiger charge is -2.35. The Morgan fingerprint density at radius 1 is 1.00 bits per heavy atom. The average Bonchev–Trinajstić information content (AvgIpc) is 2.76. The largest absolute Gasteiger partial charge is 0.353 e. The molecule has 9 heteroatoms. The maximum Gasteiger partial charge on any atom is 0.322 e. The first kappa shape index (κ1) is 20.2. The van der Waals surface area contributed by atoms with Gasteiger partial charge < -0.3 is 15.1 Å². The SMILES string of the molecule is O=C(Nc1ccc(Br)cc1F)N1CCN(c2cc(-c3cccc(F)c3)ncn2)CC1. The Labute approximate surface area is 180 Å². The van der Waals surface area contributed by atoms with E-state index in [9.17, 15) is 13.6 Å². The summed E-state index contributed by atoms with van der Waals surface area (Å²) in [4.78, 5) is 24.7. The van der Waals surface area contributed by atoms with E-state index < -0.39 is 5.82 Å². The molecule has 1 fully saturated rings. The number of anilines is 2. The normalized spacial score (nSPS) is 14.0. The first-order valence-electron chi connectivity index (χ1n) is 9.33. The summed E-state index contributed by atoms with van der Waals surface area (Å²) in [6.07, 6.45) is 1.45. The molecule has 30 heavy (non-hydrogen) atoms. The van der Waals surface area contributed by atoms with Gasteiger partial charge in [-0.25, -0.2) is 23.5 Å². The number of aromatic nitrogens is 2. The fourth-order valence-electron chi connectivity index (χ4n) is 3.25. The molecular weight excluding hydrogens is 456 g/mol. The number of urea groups is 1. The van der Waals surface area contributed by atoms with Crippen molar-refractivity contribution >= 4 is 33.5 Å². The van der Waals surface area contributed by atoms with Crippen molar-refractivity contribution in [3.63, 3.8) is 0 Å². The van der Waals surface area contributed by atoms with Crippen LogP contribution in [-0.4, -0.2) is 47.1 Å². The molecule has 2 aromatic carbocycles. The van der Waals surface area contributed by atoms with E-state index in [0.29, 0.717) is 47.7 Å². The molecule has 1 aliphatic heterocycles. The molecule has 0 bridgehead atoms. The molecule has 1 aromatic heterocycles. The zero-order valence-electron chi connectivity index (χ0n) is 15.9. The van der Waals surface area contributed by atoms with Crippen LogP contribution >= 0.6 is 15.9 Å². The van der Waals surface area contributed by atoms with Gasteiger partial charge in [-0.1, -0.05) is 28.1 Å². The molecule has 1 aliphatic rings. The van der Waals surface area contributed by atoms with Crippen molar-refractivity contribution in [3.05, 3.63) is 71.0 Å². The van der Waals surface area contributed by atoms with Gasteiger partial charge in [0.05, 0.1) is 11.4 Å². The Balaban J connectivity index is 1.40. The second kappa shape index (κ2) is 8.74. The summed E-state index contributed by atoms with van der Waals surface area (Å²) in [5.41, 5.74) is 1.44. The van der Waals surface area contributed by atoms with Crippen LogP contribution < -0.4 is 10.2 Å². The third-order valence-electron chi connectivity index (χ3n) is 4.84. The number of rotatable bonds is 3. The Hall–Kier alpha value is -3.07. The maximum absolute atomic E-state index is 14.0. The molecule has 154 valence electrons. The monoisotopic (exact) mass is 473 g/mol. The van der Waals surface area contributed by atoms with Gasteiger partial charge in [-0.2, -0.15) is 0 Å². The number of nitrogens with one attached hydrogen (secondary N) is 1. The van der Waals surface area contributed by atoms with E-state index in [1.165, 1.54) is 30.6 Å². The summed E-state index contributed by atoms with van der Waals surface area (Å²) in [5, 5.41) is 2.61. The predicted molar refractivity (Wildman–Crippen MR) is 114 cm³/mol. The summed E-state index contributed by atoms with van der Waals surface area (Å²) >= 11 is 3.19. The summed E-state index contributed by atoms with van der Waals surface area (Å²) in [7, 11) is 0. The maximum atomic E-state index is 14.0. The molecule has 0 saturated carbocycles. The first-order valence-corrected chi connectivity index (χ1v) is 10.1. The number of hydrogen-bond acceptors (Lipinski definition) is 4. The minimum atomic E-state index is -0.498. The van der Waals surface area contributed by atoms with Gasteiger partial charge in [0.2, 0.25) is 0 Å². The zero-order valence-corrected chi connectivity index (χ0v) is 17.4. The summed E-state index contributed by atoms with van der Waals surface area (Å²) in [5.74, 6) is -0.111. The molecule has 0 atom stereocenters. The topological polar surface area (TPSA) is 61.4 Å². The zero-order chi connectivity index (χ0) is 21.1. The number of hydrogen-bond donors (Lipinski definition) is 1. The number of carbonyl (C=O) groups excluding carboxylic acids is 1. The van der Waals surface area contributed by atoms with Crippen LogP contribution in [0, 0.1) is 11.6 Å². The van der Waals surface area contributed by atoms with Gasteiger partial charge in [-0.05, 0) is 30.3 Å². The number of nitrogens with zero attached hydrogens (tertiary/aromatic N) is 4. The second-order valence-electron chi connectivity index (χ2n) is 6.80. The predicted octanol–water partition coefficient (Wildman–Crippen LogP) is 4.54. The molecule has 2 amide bonds. The number of piperazine rings is 1. The van der Waals surface area contributed by atoms with Crippen molar-refractivity contribution in [2.75, 3.05) is 36.4 Å². The smallest absolute Gasteiger partial charge is 0.322 e. The molecule has 2 heterocycles. The van der Waals surface area contributed by atoms with E-state index in [0.717, 1.165) is 0 Å².